The summed E-state index contributed by atoms with van der Waals surface area (Å²) < 4.78 is 11.9. The number of aryl methyl sites for hydroxylation is 2. The molecule has 0 radical (unpaired) electrons. The number of aliphatic hydroxyl groups is 1. The van der Waals surface area contributed by atoms with Crippen molar-refractivity contribution in [1.29, 1.82) is 0 Å². The van der Waals surface area contributed by atoms with E-state index in [4.69, 9.17) is 9.15 Å². The van der Waals surface area contributed by atoms with Crippen molar-refractivity contribution >= 4 is 15.9 Å². The molecule has 0 bridgehead atoms. The molecule has 2 rings (SSSR count). The average Bonchev–Trinajstić information content (AvgIpc) is 2.77. The number of halogens is 1. The standard InChI is InChI=1S/C15H19BrN2O3/c1-10-11(2)21-15(18-10)8-17-7-13(19)9-20-14-5-3-12(16)4-6-14/h3-6,13,17,19H,7-9H2,1-2H3. The normalized spacial score (nSPS) is 12.4. The third kappa shape index (κ3) is 5.15. The van der Waals surface area contributed by atoms with E-state index < -0.39 is 6.10 Å². The van der Waals surface area contributed by atoms with Gasteiger partial charge in [-0.1, -0.05) is 15.9 Å². The molecule has 0 saturated carbocycles. The van der Waals surface area contributed by atoms with Gasteiger partial charge in [-0.05, 0) is 38.1 Å². The minimum absolute atomic E-state index is 0.234. The van der Waals surface area contributed by atoms with Gasteiger partial charge in [0.25, 0.3) is 0 Å². The van der Waals surface area contributed by atoms with E-state index in [2.05, 4.69) is 26.2 Å². The molecule has 1 heterocycles. The van der Waals surface area contributed by atoms with Gasteiger partial charge in [-0.2, -0.15) is 0 Å². The Balaban J connectivity index is 1.67. The molecule has 114 valence electrons. The molecule has 6 heteroatoms. The summed E-state index contributed by atoms with van der Waals surface area (Å²) in [5.74, 6) is 2.19. The second-order valence-corrected chi connectivity index (χ2v) is 5.71. The van der Waals surface area contributed by atoms with E-state index in [1.165, 1.54) is 0 Å². The van der Waals surface area contributed by atoms with Gasteiger partial charge in [0.05, 0.1) is 12.2 Å². The van der Waals surface area contributed by atoms with Crippen LogP contribution in [0.4, 0.5) is 0 Å². The number of benzene rings is 1. The molecule has 0 aliphatic rings. The lowest BCUT2D eigenvalue weighted by Gasteiger charge is -2.12. The summed E-state index contributed by atoms with van der Waals surface area (Å²) in [5, 5.41) is 12.9. The van der Waals surface area contributed by atoms with Crippen LogP contribution in [0.2, 0.25) is 0 Å². The topological polar surface area (TPSA) is 67.5 Å². The van der Waals surface area contributed by atoms with E-state index in [1.54, 1.807) is 0 Å². The Morgan fingerprint density at radius 3 is 2.67 bits per heavy atom. The number of nitrogens with one attached hydrogen (secondary N) is 1. The van der Waals surface area contributed by atoms with E-state index in [-0.39, 0.29) is 6.61 Å². The maximum atomic E-state index is 9.86. The molecule has 21 heavy (non-hydrogen) atoms. The molecule has 1 unspecified atom stereocenters. The summed E-state index contributed by atoms with van der Waals surface area (Å²) in [7, 11) is 0. The Kier molecular flexibility index (Phi) is 5.78. The van der Waals surface area contributed by atoms with E-state index in [1.807, 2.05) is 38.1 Å². The van der Waals surface area contributed by atoms with Crippen molar-refractivity contribution in [3.63, 3.8) is 0 Å². The predicted octanol–water partition coefficient (Wildman–Crippen LogP) is 2.58. The molecule has 0 amide bonds. The van der Waals surface area contributed by atoms with Gasteiger partial charge >= 0.3 is 0 Å². The van der Waals surface area contributed by atoms with Crippen LogP contribution in [0.3, 0.4) is 0 Å². The molecule has 0 spiro atoms. The van der Waals surface area contributed by atoms with Crippen LogP contribution in [0.15, 0.2) is 33.2 Å². The second-order valence-electron chi connectivity index (χ2n) is 4.80. The van der Waals surface area contributed by atoms with Gasteiger partial charge in [-0.3, -0.25) is 0 Å². The highest BCUT2D eigenvalue weighted by Gasteiger charge is 2.08. The van der Waals surface area contributed by atoms with Crippen LogP contribution >= 0.6 is 15.9 Å². The van der Waals surface area contributed by atoms with Gasteiger partial charge in [-0.15, -0.1) is 0 Å². The highest BCUT2D eigenvalue weighted by atomic mass is 79.9. The molecule has 1 aromatic carbocycles. The van der Waals surface area contributed by atoms with Crippen LogP contribution in [0.25, 0.3) is 0 Å². The quantitative estimate of drug-likeness (QED) is 0.799. The number of hydrogen-bond acceptors (Lipinski definition) is 5. The van der Waals surface area contributed by atoms with Crippen molar-refractivity contribution in [1.82, 2.24) is 10.3 Å². The van der Waals surface area contributed by atoms with Crippen LogP contribution in [-0.2, 0) is 6.54 Å². The molecule has 2 N–H and O–H groups in total. The summed E-state index contributed by atoms with van der Waals surface area (Å²) in [4.78, 5) is 4.26. The number of oxazole rings is 1. The van der Waals surface area contributed by atoms with Gasteiger partial charge < -0.3 is 19.6 Å². The van der Waals surface area contributed by atoms with Crippen molar-refractivity contribution in [2.45, 2.75) is 26.5 Å². The highest BCUT2D eigenvalue weighted by Crippen LogP contribution is 2.16. The van der Waals surface area contributed by atoms with Crippen LogP contribution in [0.5, 0.6) is 5.75 Å². The van der Waals surface area contributed by atoms with Crippen LogP contribution in [-0.4, -0.2) is 29.3 Å². The van der Waals surface area contributed by atoms with E-state index in [0.717, 1.165) is 21.7 Å². The minimum atomic E-state index is -0.592. The number of hydrogen-bond donors (Lipinski definition) is 2. The van der Waals surface area contributed by atoms with Gasteiger partial charge in [-0.25, -0.2) is 4.98 Å². The summed E-state index contributed by atoms with van der Waals surface area (Å²) in [5.41, 5.74) is 0.894. The summed E-state index contributed by atoms with van der Waals surface area (Å²) in [6.45, 7) is 4.93. The lowest BCUT2D eigenvalue weighted by Crippen LogP contribution is -2.31. The molecular formula is C15H19BrN2O3. The molecule has 0 aliphatic carbocycles. The van der Waals surface area contributed by atoms with Crippen LogP contribution < -0.4 is 10.1 Å². The smallest absolute Gasteiger partial charge is 0.208 e. The zero-order valence-electron chi connectivity index (χ0n) is 12.1. The Morgan fingerprint density at radius 1 is 1.33 bits per heavy atom. The largest absolute Gasteiger partial charge is 0.491 e. The molecule has 0 fully saturated rings. The zero-order chi connectivity index (χ0) is 15.2. The van der Waals surface area contributed by atoms with Crippen LogP contribution in [0, 0.1) is 13.8 Å². The van der Waals surface area contributed by atoms with Crippen molar-refractivity contribution in [2.24, 2.45) is 0 Å². The van der Waals surface area contributed by atoms with Gasteiger partial charge in [0.15, 0.2) is 0 Å². The van der Waals surface area contributed by atoms with E-state index in [9.17, 15) is 5.11 Å². The van der Waals surface area contributed by atoms with Gasteiger partial charge in [0.2, 0.25) is 5.89 Å². The van der Waals surface area contributed by atoms with E-state index >= 15 is 0 Å². The van der Waals surface area contributed by atoms with Gasteiger partial charge in [0, 0.05) is 11.0 Å². The molecule has 1 atom stereocenters. The fraction of sp³-hybridized carbons (Fsp3) is 0.400. The fourth-order valence-electron chi connectivity index (χ4n) is 1.74. The lowest BCUT2D eigenvalue weighted by molar-refractivity contribution is 0.105. The first-order chi connectivity index (χ1) is 10.0. The van der Waals surface area contributed by atoms with Crippen LogP contribution in [0.1, 0.15) is 17.3 Å². The molecule has 1 aromatic heterocycles. The van der Waals surface area contributed by atoms with Crippen molar-refractivity contribution in [3.8, 4) is 5.75 Å². The van der Waals surface area contributed by atoms with Crippen molar-refractivity contribution in [2.75, 3.05) is 13.2 Å². The highest BCUT2D eigenvalue weighted by molar-refractivity contribution is 9.10. The predicted molar refractivity (Wildman–Crippen MR) is 83.3 cm³/mol. The number of aliphatic hydroxyl groups excluding tert-OH is 1. The number of ether oxygens (including phenoxy) is 1. The summed E-state index contributed by atoms with van der Waals surface area (Å²) in [6, 6.07) is 7.49. The third-order valence-corrected chi connectivity index (χ3v) is 3.51. The monoisotopic (exact) mass is 354 g/mol. The fourth-order valence-corrected chi connectivity index (χ4v) is 2.01. The Bertz CT molecular complexity index is 549. The maximum absolute atomic E-state index is 9.86. The zero-order valence-corrected chi connectivity index (χ0v) is 13.7. The Hall–Kier alpha value is -1.37. The minimum Gasteiger partial charge on any atom is -0.491 e. The lowest BCUT2D eigenvalue weighted by atomic mass is 10.3. The Labute approximate surface area is 132 Å². The SMILES string of the molecule is Cc1nc(CNCC(O)COc2ccc(Br)cc2)oc1C. The maximum Gasteiger partial charge on any atom is 0.208 e. The molecule has 2 aromatic rings. The molecule has 5 nitrogen and oxygen atoms in total. The molecule has 0 aliphatic heterocycles. The summed E-state index contributed by atoms with van der Waals surface area (Å²) in [6.07, 6.45) is -0.592. The van der Waals surface area contributed by atoms with Crippen molar-refractivity contribution < 1.29 is 14.3 Å². The number of rotatable bonds is 7. The Morgan fingerprint density at radius 2 is 2.05 bits per heavy atom. The molecular weight excluding hydrogens is 336 g/mol. The number of aromatic nitrogens is 1. The number of nitrogens with zero attached hydrogens (tertiary/aromatic N) is 1. The van der Waals surface area contributed by atoms with Gasteiger partial charge in [0.1, 0.15) is 24.2 Å². The first-order valence-corrected chi connectivity index (χ1v) is 7.54. The molecule has 0 saturated heterocycles. The van der Waals surface area contributed by atoms with Crippen molar-refractivity contribution in [3.05, 3.63) is 46.1 Å². The first kappa shape index (κ1) is 16.0. The third-order valence-electron chi connectivity index (χ3n) is 2.99. The first-order valence-electron chi connectivity index (χ1n) is 6.74. The second kappa shape index (κ2) is 7.59. The average molecular weight is 355 g/mol. The summed E-state index contributed by atoms with van der Waals surface area (Å²) >= 11 is 3.36. The van der Waals surface area contributed by atoms with E-state index in [0.29, 0.717) is 19.0 Å².